The van der Waals surface area contributed by atoms with Crippen molar-refractivity contribution in [2.45, 2.75) is 18.9 Å². The van der Waals surface area contributed by atoms with Crippen molar-refractivity contribution in [1.82, 2.24) is 15.5 Å². The van der Waals surface area contributed by atoms with Crippen LogP contribution in [0.25, 0.3) is 10.8 Å². The smallest absolute Gasteiger partial charge is 0.282 e. The van der Waals surface area contributed by atoms with E-state index in [4.69, 9.17) is 0 Å². The summed E-state index contributed by atoms with van der Waals surface area (Å²) in [5, 5.41) is 24.5. The maximum absolute atomic E-state index is 11.9. The molecule has 1 aliphatic heterocycles. The number of hydrogen-bond acceptors (Lipinski definition) is 6. The third-order valence-corrected chi connectivity index (χ3v) is 3.67. The van der Waals surface area contributed by atoms with Gasteiger partial charge in [-0.05, 0) is 32.0 Å². The van der Waals surface area contributed by atoms with Gasteiger partial charge < -0.3 is 10.6 Å². The molecule has 2 heterocycles. The first-order chi connectivity index (χ1) is 10.2. The predicted molar refractivity (Wildman–Crippen MR) is 78.5 cm³/mol. The van der Waals surface area contributed by atoms with Gasteiger partial charge in [0.25, 0.3) is 11.2 Å². The molecule has 2 aromatic rings. The van der Waals surface area contributed by atoms with Gasteiger partial charge >= 0.3 is 0 Å². The van der Waals surface area contributed by atoms with Gasteiger partial charge in [-0.15, -0.1) is 0 Å². The van der Waals surface area contributed by atoms with Gasteiger partial charge in [-0.2, -0.15) is 5.10 Å². The summed E-state index contributed by atoms with van der Waals surface area (Å²) in [6.07, 6.45) is 1.88. The Morgan fingerprint density at radius 3 is 2.81 bits per heavy atom. The van der Waals surface area contributed by atoms with Gasteiger partial charge in [0.2, 0.25) is 0 Å². The lowest BCUT2D eigenvalue weighted by Gasteiger charge is -2.24. The molecule has 0 atom stereocenters. The molecule has 3 N–H and O–H groups in total. The minimum Gasteiger partial charge on any atom is -0.365 e. The molecule has 0 spiro atoms. The Bertz CT molecular complexity index is 736. The Kier molecular flexibility index (Phi) is 3.53. The van der Waals surface area contributed by atoms with Crippen LogP contribution in [0.4, 0.5) is 11.5 Å². The SMILES string of the molecule is O=c1[nH]nc(NC2CCNCC2)c2cccc([N+](=O)[O-])c12. The van der Waals surface area contributed by atoms with Gasteiger partial charge in [0.1, 0.15) is 5.39 Å². The number of fused-ring (bicyclic) bond motifs is 1. The van der Waals surface area contributed by atoms with Crippen molar-refractivity contribution in [2.75, 3.05) is 18.4 Å². The highest BCUT2D eigenvalue weighted by molar-refractivity contribution is 5.96. The number of non-ortho nitro benzene ring substituents is 1. The highest BCUT2D eigenvalue weighted by atomic mass is 16.6. The summed E-state index contributed by atoms with van der Waals surface area (Å²) in [6, 6.07) is 4.81. The van der Waals surface area contributed by atoms with Crippen molar-refractivity contribution in [3.05, 3.63) is 38.7 Å². The quantitative estimate of drug-likeness (QED) is 0.574. The average Bonchev–Trinajstić information content (AvgIpc) is 2.50. The molecule has 8 nitrogen and oxygen atoms in total. The summed E-state index contributed by atoms with van der Waals surface area (Å²) >= 11 is 0. The molecule has 0 aliphatic carbocycles. The van der Waals surface area contributed by atoms with E-state index in [2.05, 4.69) is 20.8 Å². The summed E-state index contributed by atoms with van der Waals surface area (Å²) in [4.78, 5) is 22.4. The van der Waals surface area contributed by atoms with Crippen molar-refractivity contribution < 1.29 is 4.92 Å². The molecular weight excluding hydrogens is 274 g/mol. The second kappa shape index (κ2) is 5.49. The largest absolute Gasteiger partial charge is 0.365 e. The number of aromatic nitrogens is 2. The highest BCUT2D eigenvalue weighted by Gasteiger charge is 2.20. The van der Waals surface area contributed by atoms with E-state index >= 15 is 0 Å². The van der Waals surface area contributed by atoms with Crippen LogP contribution in [-0.4, -0.2) is 34.3 Å². The van der Waals surface area contributed by atoms with Gasteiger partial charge in [0.15, 0.2) is 5.82 Å². The third-order valence-electron chi connectivity index (χ3n) is 3.67. The number of rotatable bonds is 3. The standard InChI is InChI=1S/C13H15N5O3/c19-13-11-9(2-1-3-10(11)18(20)21)12(16-17-13)15-8-4-6-14-7-5-8/h1-3,8,14H,4-7H2,(H,15,16)(H,17,19). The monoisotopic (exact) mass is 289 g/mol. The van der Waals surface area contributed by atoms with E-state index in [1.54, 1.807) is 12.1 Å². The zero-order valence-electron chi connectivity index (χ0n) is 11.3. The van der Waals surface area contributed by atoms with Crippen molar-refractivity contribution in [3.8, 4) is 0 Å². The third kappa shape index (κ3) is 2.57. The Hall–Kier alpha value is -2.48. The zero-order valence-corrected chi connectivity index (χ0v) is 11.3. The molecule has 1 aliphatic rings. The van der Waals surface area contributed by atoms with E-state index in [-0.39, 0.29) is 17.1 Å². The lowest BCUT2D eigenvalue weighted by Crippen LogP contribution is -2.35. The molecule has 21 heavy (non-hydrogen) atoms. The van der Waals surface area contributed by atoms with Crippen LogP contribution >= 0.6 is 0 Å². The maximum Gasteiger partial charge on any atom is 0.282 e. The van der Waals surface area contributed by atoms with Crippen LogP contribution < -0.4 is 16.2 Å². The summed E-state index contributed by atoms with van der Waals surface area (Å²) in [6.45, 7) is 1.83. The van der Waals surface area contributed by atoms with E-state index in [1.807, 2.05) is 0 Å². The summed E-state index contributed by atoms with van der Waals surface area (Å²) in [5.74, 6) is 0.486. The van der Waals surface area contributed by atoms with E-state index in [0.29, 0.717) is 11.2 Å². The fraction of sp³-hybridized carbons (Fsp3) is 0.385. The molecule has 0 saturated carbocycles. The van der Waals surface area contributed by atoms with Crippen LogP contribution in [0.3, 0.4) is 0 Å². The van der Waals surface area contributed by atoms with Crippen LogP contribution in [0.1, 0.15) is 12.8 Å². The fourth-order valence-corrected chi connectivity index (χ4v) is 2.62. The Morgan fingerprint density at radius 1 is 1.33 bits per heavy atom. The van der Waals surface area contributed by atoms with E-state index in [1.165, 1.54) is 6.07 Å². The summed E-state index contributed by atoms with van der Waals surface area (Å²) in [5.41, 5.74) is -0.752. The molecule has 1 aromatic carbocycles. The second-order valence-electron chi connectivity index (χ2n) is 5.03. The topological polar surface area (TPSA) is 113 Å². The van der Waals surface area contributed by atoms with E-state index < -0.39 is 10.5 Å². The van der Waals surface area contributed by atoms with Crippen molar-refractivity contribution in [3.63, 3.8) is 0 Å². The van der Waals surface area contributed by atoms with Crippen LogP contribution in [0.5, 0.6) is 0 Å². The van der Waals surface area contributed by atoms with E-state index in [9.17, 15) is 14.9 Å². The lowest BCUT2D eigenvalue weighted by atomic mass is 10.1. The number of nitro benzene ring substituents is 1. The number of nitrogens with one attached hydrogen (secondary N) is 3. The molecule has 110 valence electrons. The molecule has 1 fully saturated rings. The van der Waals surface area contributed by atoms with Crippen LogP contribution in [0.15, 0.2) is 23.0 Å². The predicted octanol–water partition coefficient (Wildman–Crippen LogP) is 0.995. The molecule has 8 heteroatoms. The average molecular weight is 289 g/mol. The number of anilines is 1. The molecule has 0 radical (unpaired) electrons. The number of nitrogens with zero attached hydrogens (tertiary/aromatic N) is 2. The first-order valence-corrected chi connectivity index (χ1v) is 6.80. The molecule has 0 unspecified atom stereocenters. The Morgan fingerprint density at radius 2 is 2.10 bits per heavy atom. The fourth-order valence-electron chi connectivity index (χ4n) is 2.62. The highest BCUT2D eigenvalue weighted by Crippen LogP contribution is 2.26. The van der Waals surface area contributed by atoms with Crippen molar-refractivity contribution in [2.24, 2.45) is 0 Å². The lowest BCUT2D eigenvalue weighted by molar-refractivity contribution is -0.383. The number of hydrogen-bond donors (Lipinski definition) is 3. The van der Waals surface area contributed by atoms with Gasteiger partial charge in [-0.3, -0.25) is 14.9 Å². The zero-order chi connectivity index (χ0) is 14.8. The molecule has 1 saturated heterocycles. The normalized spacial score (nSPS) is 16.0. The van der Waals surface area contributed by atoms with Crippen molar-refractivity contribution >= 4 is 22.3 Å². The van der Waals surface area contributed by atoms with Gasteiger partial charge in [-0.25, -0.2) is 5.10 Å². The first-order valence-electron chi connectivity index (χ1n) is 6.80. The van der Waals surface area contributed by atoms with Crippen LogP contribution in [-0.2, 0) is 0 Å². The number of piperidine rings is 1. The van der Waals surface area contributed by atoms with Crippen LogP contribution in [0.2, 0.25) is 0 Å². The second-order valence-corrected chi connectivity index (χ2v) is 5.03. The van der Waals surface area contributed by atoms with E-state index in [0.717, 1.165) is 25.9 Å². The van der Waals surface area contributed by atoms with Gasteiger partial charge in [0.05, 0.1) is 4.92 Å². The summed E-state index contributed by atoms with van der Waals surface area (Å²) < 4.78 is 0. The van der Waals surface area contributed by atoms with Gasteiger partial charge in [-0.1, -0.05) is 6.07 Å². The maximum atomic E-state index is 11.9. The number of benzene rings is 1. The number of nitro groups is 1. The minimum absolute atomic E-state index is 0.0638. The minimum atomic E-state index is -0.550. The molecular formula is C13H15N5O3. The molecule has 0 amide bonds. The van der Waals surface area contributed by atoms with Crippen molar-refractivity contribution in [1.29, 1.82) is 0 Å². The number of H-pyrrole nitrogens is 1. The summed E-state index contributed by atoms with van der Waals surface area (Å²) in [7, 11) is 0. The Labute approximate surface area is 119 Å². The first kappa shape index (κ1) is 13.5. The molecule has 1 aromatic heterocycles. The van der Waals surface area contributed by atoms with Crippen LogP contribution in [0, 0.1) is 10.1 Å². The van der Waals surface area contributed by atoms with Gasteiger partial charge in [0, 0.05) is 17.5 Å². The molecule has 0 bridgehead atoms. The Balaban J connectivity index is 2.07. The number of aromatic amines is 1. The molecule has 3 rings (SSSR count).